The molecule has 0 aliphatic carbocycles. The van der Waals surface area contributed by atoms with Crippen molar-refractivity contribution in [1.29, 1.82) is 0 Å². The summed E-state index contributed by atoms with van der Waals surface area (Å²) in [7, 11) is 0. The summed E-state index contributed by atoms with van der Waals surface area (Å²) in [4.78, 5) is 30.1. The highest BCUT2D eigenvalue weighted by Crippen LogP contribution is 2.25. The van der Waals surface area contributed by atoms with E-state index in [-0.39, 0.29) is 24.9 Å². The topological polar surface area (TPSA) is 74.3 Å². The normalized spacial score (nSPS) is 10.7. The standard InChI is InChI=1S/C16H18Cl2N4O2S/c1-2-6-22(10-15(24)21-16-19-5-7-25-16)9-14(23)20-13-4-3-11(17)8-12(13)18/h3-5,7-8H,2,6,9-10H2,1H3,(H,20,23)(H,19,21,24). The lowest BCUT2D eigenvalue weighted by Crippen LogP contribution is -2.39. The highest BCUT2D eigenvalue weighted by atomic mass is 35.5. The summed E-state index contributed by atoms with van der Waals surface area (Å²) in [6, 6.07) is 4.85. The average molecular weight is 401 g/mol. The van der Waals surface area contributed by atoms with Crippen LogP contribution in [-0.2, 0) is 9.59 Å². The second kappa shape index (κ2) is 9.72. The maximum atomic E-state index is 12.2. The lowest BCUT2D eigenvalue weighted by atomic mass is 10.3. The van der Waals surface area contributed by atoms with Gasteiger partial charge in [-0.05, 0) is 31.2 Å². The first kappa shape index (κ1) is 19.7. The zero-order valence-electron chi connectivity index (χ0n) is 13.6. The largest absolute Gasteiger partial charge is 0.324 e. The van der Waals surface area contributed by atoms with Crippen LogP contribution >= 0.6 is 34.5 Å². The van der Waals surface area contributed by atoms with E-state index in [9.17, 15) is 9.59 Å². The number of aromatic nitrogens is 1. The van der Waals surface area contributed by atoms with Crippen molar-refractivity contribution in [1.82, 2.24) is 9.88 Å². The minimum absolute atomic E-state index is 0.0814. The first-order valence-electron chi connectivity index (χ1n) is 7.64. The predicted octanol–water partition coefficient (Wildman–Crippen LogP) is 3.74. The van der Waals surface area contributed by atoms with Gasteiger partial charge in [-0.25, -0.2) is 4.98 Å². The fourth-order valence-electron chi connectivity index (χ4n) is 2.16. The van der Waals surface area contributed by atoms with Crippen LogP contribution < -0.4 is 10.6 Å². The molecule has 0 radical (unpaired) electrons. The van der Waals surface area contributed by atoms with Crippen molar-refractivity contribution in [3.63, 3.8) is 0 Å². The summed E-state index contributed by atoms with van der Waals surface area (Å²) >= 11 is 13.2. The van der Waals surface area contributed by atoms with Crippen molar-refractivity contribution in [2.75, 3.05) is 30.3 Å². The number of halogens is 2. The number of hydrogen-bond donors (Lipinski definition) is 2. The number of carbonyl (C=O) groups is 2. The molecule has 2 aromatic rings. The van der Waals surface area contributed by atoms with E-state index in [0.717, 1.165) is 6.42 Å². The highest BCUT2D eigenvalue weighted by Gasteiger charge is 2.15. The molecule has 0 atom stereocenters. The molecule has 134 valence electrons. The zero-order chi connectivity index (χ0) is 18.2. The number of hydrogen-bond acceptors (Lipinski definition) is 5. The molecule has 0 unspecified atom stereocenters. The molecule has 2 N–H and O–H groups in total. The second-order valence-corrected chi connectivity index (χ2v) is 7.01. The van der Waals surface area contributed by atoms with Gasteiger partial charge in [0.05, 0.1) is 23.8 Å². The fourth-order valence-corrected chi connectivity index (χ4v) is 3.16. The van der Waals surface area contributed by atoms with Crippen molar-refractivity contribution in [3.05, 3.63) is 39.8 Å². The van der Waals surface area contributed by atoms with E-state index in [4.69, 9.17) is 23.2 Å². The number of rotatable bonds is 8. The van der Waals surface area contributed by atoms with Gasteiger partial charge in [-0.15, -0.1) is 11.3 Å². The van der Waals surface area contributed by atoms with Crippen LogP contribution in [0.15, 0.2) is 29.8 Å². The molecule has 25 heavy (non-hydrogen) atoms. The van der Waals surface area contributed by atoms with Crippen LogP contribution in [0, 0.1) is 0 Å². The molecule has 1 heterocycles. The van der Waals surface area contributed by atoms with Crippen molar-refractivity contribution in [2.24, 2.45) is 0 Å². The van der Waals surface area contributed by atoms with E-state index in [1.807, 2.05) is 6.92 Å². The van der Waals surface area contributed by atoms with Crippen molar-refractivity contribution >= 4 is 57.2 Å². The highest BCUT2D eigenvalue weighted by molar-refractivity contribution is 7.13. The summed E-state index contributed by atoms with van der Waals surface area (Å²) in [6.45, 7) is 2.79. The molecule has 0 aliphatic heterocycles. The van der Waals surface area contributed by atoms with Crippen LogP contribution in [0.25, 0.3) is 0 Å². The van der Waals surface area contributed by atoms with Gasteiger partial charge in [0, 0.05) is 16.6 Å². The molecule has 2 amide bonds. The predicted molar refractivity (Wildman–Crippen MR) is 103 cm³/mol. The Kier molecular flexibility index (Phi) is 7.64. The molecule has 9 heteroatoms. The molecular weight excluding hydrogens is 383 g/mol. The Morgan fingerprint density at radius 1 is 1.20 bits per heavy atom. The molecule has 0 spiro atoms. The van der Waals surface area contributed by atoms with Gasteiger partial charge < -0.3 is 10.6 Å². The summed E-state index contributed by atoms with van der Waals surface area (Å²) < 4.78 is 0. The maximum absolute atomic E-state index is 12.2. The van der Waals surface area contributed by atoms with Crippen LogP contribution in [0.2, 0.25) is 10.0 Å². The quantitative estimate of drug-likeness (QED) is 0.707. The monoisotopic (exact) mass is 400 g/mol. The molecule has 2 rings (SSSR count). The van der Waals surface area contributed by atoms with E-state index in [0.29, 0.717) is 27.4 Å². The van der Waals surface area contributed by atoms with Crippen molar-refractivity contribution in [2.45, 2.75) is 13.3 Å². The summed E-state index contributed by atoms with van der Waals surface area (Å²) in [5, 5.41) is 8.62. The van der Waals surface area contributed by atoms with Gasteiger partial charge in [-0.1, -0.05) is 30.1 Å². The Bertz CT molecular complexity index is 725. The van der Waals surface area contributed by atoms with Crippen molar-refractivity contribution < 1.29 is 9.59 Å². The van der Waals surface area contributed by atoms with Gasteiger partial charge in [-0.2, -0.15) is 0 Å². The Morgan fingerprint density at radius 3 is 2.52 bits per heavy atom. The summed E-state index contributed by atoms with van der Waals surface area (Å²) in [6.07, 6.45) is 2.44. The molecule has 0 bridgehead atoms. The van der Waals surface area contributed by atoms with E-state index in [1.165, 1.54) is 11.3 Å². The molecule has 6 nitrogen and oxygen atoms in total. The number of carbonyl (C=O) groups excluding carboxylic acids is 2. The van der Waals surface area contributed by atoms with Gasteiger partial charge in [0.1, 0.15) is 0 Å². The minimum Gasteiger partial charge on any atom is -0.324 e. The third kappa shape index (κ3) is 6.62. The number of nitrogens with one attached hydrogen (secondary N) is 2. The first-order chi connectivity index (χ1) is 12.0. The summed E-state index contributed by atoms with van der Waals surface area (Å²) in [5.41, 5.74) is 0.486. The third-order valence-corrected chi connectivity index (χ3v) is 4.39. The van der Waals surface area contributed by atoms with Crippen LogP contribution in [0.3, 0.4) is 0 Å². The molecule has 0 fully saturated rings. The number of anilines is 2. The summed E-state index contributed by atoms with van der Waals surface area (Å²) in [5.74, 6) is -0.458. The minimum atomic E-state index is -0.250. The second-order valence-electron chi connectivity index (χ2n) is 5.27. The third-order valence-electron chi connectivity index (χ3n) is 3.16. The van der Waals surface area contributed by atoms with Crippen LogP contribution in [0.1, 0.15) is 13.3 Å². The molecule has 1 aromatic carbocycles. The Balaban J connectivity index is 1.90. The Labute approximate surface area is 160 Å². The van der Waals surface area contributed by atoms with Crippen LogP contribution in [0.5, 0.6) is 0 Å². The van der Waals surface area contributed by atoms with E-state index < -0.39 is 0 Å². The van der Waals surface area contributed by atoms with E-state index >= 15 is 0 Å². The SMILES string of the molecule is CCCN(CC(=O)Nc1nccs1)CC(=O)Nc1ccc(Cl)cc1Cl. The van der Waals surface area contributed by atoms with Gasteiger partial charge >= 0.3 is 0 Å². The number of amides is 2. The Hall–Kier alpha value is -1.67. The van der Waals surface area contributed by atoms with Gasteiger partial charge in [-0.3, -0.25) is 14.5 Å². The molecule has 0 aliphatic rings. The average Bonchev–Trinajstić information content (AvgIpc) is 3.03. The zero-order valence-corrected chi connectivity index (χ0v) is 15.9. The molecule has 0 saturated carbocycles. The smallest absolute Gasteiger partial charge is 0.240 e. The number of thiazole rings is 1. The molecule has 0 saturated heterocycles. The molecule has 1 aromatic heterocycles. The fraction of sp³-hybridized carbons (Fsp3) is 0.312. The van der Waals surface area contributed by atoms with E-state index in [1.54, 1.807) is 34.7 Å². The first-order valence-corrected chi connectivity index (χ1v) is 9.28. The number of benzene rings is 1. The van der Waals surface area contributed by atoms with Crippen molar-refractivity contribution in [3.8, 4) is 0 Å². The lowest BCUT2D eigenvalue weighted by Gasteiger charge is -2.20. The lowest BCUT2D eigenvalue weighted by molar-refractivity contribution is -0.120. The Morgan fingerprint density at radius 2 is 1.92 bits per heavy atom. The van der Waals surface area contributed by atoms with Gasteiger partial charge in [0.2, 0.25) is 11.8 Å². The van der Waals surface area contributed by atoms with E-state index in [2.05, 4.69) is 15.6 Å². The number of nitrogens with zero attached hydrogens (tertiary/aromatic N) is 2. The maximum Gasteiger partial charge on any atom is 0.240 e. The van der Waals surface area contributed by atoms with Crippen LogP contribution in [-0.4, -0.2) is 41.3 Å². The van der Waals surface area contributed by atoms with Gasteiger partial charge in [0.25, 0.3) is 0 Å². The van der Waals surface area contributed by atoms with Gasteiger partial charge in [0.15, 0.2) is 5.13 Å². The van der Waals surface area contributed by atoms with Crippen LogP contribution in [0.4, 0.5) is 10.8 Å². The molecular formula is C16H18Cl2N4O2S.